The van der Waals surface area contributed by atoms with Gasteiger partial charge in [-0.1, -0.05) is 28.1 Å². The van der Waals surface area contributed by atoms with Gasteiger partial charge in [0.05, 0.1) is 19.2 Å². The van der Waals surface area contributed by atoms with Crippen molar-refractivity contribution < 1.29 is 24.2 Å². The quantitative estimate of drug-likeness (QED) is 0.718. The summed E-state index contributed by atoms with van der Waals surface area (Å²) in [6.07, 6.45) is -1.36. The molecule has 0 aliphatic carbocycles. The second-order valence-corrected chi connectivity index (χ2v) is 8.10. The van der Waals surface area contributed by atoms with Crippen LogP contribution < -0.4 is 5.32 Å². The van der Waals surface area contributed by atoms with Gasteiger partial charge in [0.25, 0.3) is 0 Å². The summed E-state index contributed by atoms with van der Waals surface area (Å²) >= 11 is 3.29. The highest BCUT2D eigenvalue weighted by Crippen LogP contribution is 2.21. The van der Waals surface area contributed by atoms with Crippen LogP contribution in [0.3, 0.4) is 0 Å². The third-order valence-electron chi connectivity index (χ3n) is 3.80. The van der Waals surface area contributed by atoms with Crippen molar-refractivity contribution in [3.8, 4) is 0 Å². The van der Waals surface area contributed by atoms with Crippen molar-refractivity contribution in [1.82, 2.24) is 10.2 Å². The molecule has 0 spiro atoms. The predicted molar refractivity (Wildman–Crippen MR) is 98.8 cm³/mol. The van der Waals surface area contributed by atoms with Crippen molar-refractivity contribution in [3.05, 3.63) is 34.3 Å². The van der Waals surface area contributed by atoms with Crippen molar-refractivity contribution in [1.29, 1.82) is 0 Å². The highest BCUT2D eigenvalue weighted by atomic mass is 79.9. The van der Waals surface area contributed by atoms with E-state index in [1.807, 2.05) is 0 Å². The van der Waals surface area contributed by atoms with Crippen LogP contribution in [0.5, 0.6) is 0 Å². The molecule has 0 saturated carbocycles. The van der Waals surface area contributed by atoms with E-state index in [9.17, 15) is 19.5 Å². The molecule has 7 nitrogen and oxygen atoms in total. The van der Waals surface area contributed by atoms with Gasteiger partial charge in [-0.05, 0) is 32.9 Å². The molecule has 1 aliphatic heterocycles. The highest BCUT2D eigenvalue weighted by Gasteiger charge is 2.40. The molecule has 2 N–H and O–H groups in total. The minimum atomic E-state index is -0.863. The maximum Gasteiger partial charge on any atom is 0.411 e. The van der Waals surface area contributed by atoms with E-state index in [2.05, 4.69) is 21.2 Å². The van der Waals surface area contributed by atoms with Gasteiger partial charge >= 0.3 is 6.09 Å². The Hall–Kier alpha value is -1.93. The van der Waals surface area contributed by atoms with E-state index in [-0.39, 0.29) is 25.3 Å². The number of hydrogen-bond donors (Lipinski definition) is 2. The molecule has 2 rings (SSSR count). The van der Waals surface area contributed by atoms with Crippen LogP contribution in [0.2, 0.25) is 0 Å². The molecular formula is C18H23BrN2O5. The first-order valence-electron chi connectivity index (χ1n) is 8.31. The second-order valence-electron chi connectivity index (χ2n) is 7.19. The maximum atomic E-state index is 12.4. The lowest BCUT2D eigenvalue weighted by Crippen LogP contribution is -2.48. The number of aliphatic hydroxyl groups is 1. The number of benzene rings is 1. The summed E-state index contributed by atoms with van der Waals surface area (Å²) in [4.78, 5) is 38.0. The number of aliphatic hydroxyl groups excluding tert-OH is 1. The lowest BCUT2D eigenvalue weighted by Gasteiger charge is -2.27. The summed E-state index contributed by atoms with van der Waals surface area (Å²) in [5.41, 5.74) is -0.229. The Kier molecular flexibility index (Phi) is 6.41. The van der Waals surface area contributed by atoms with Crippen LogP contribution >= 0.6 is 15.9 Å². The average Bonchev–Trinajstić information content (AvgIpc) is 2.93. The lowest BCUT2D eigenvalue weighted by atomic mass is 10.1. The molecule has 1 saturated heterocycles. The van der Waals surface area contributed by atoms with E-state index >= 15 is 0 Å². The van der Waals surface area contributed by atoms with Gasteiger partial charge in [0.15, 0.2) is 5.78 Å². The van der Waals surface area contributed by atoms with Crippen molar-refractivity contribution in [3.63, 3.8) is 0 Å². The Morgan fingerprint density at radius 3 is 2.46 bits per heavy atom. The van der Waals surface area contributed by atoms with Gasteiger partial charge in [-0.2, -0.15) is 0 Å². The normalized spacial score (nSPS) is 20.0. The number of β-amino-alcohol motifs (C(OH)–C–C–N with tert-alkyl or cyclic N) is 1. The average molecular weight is 427 g/mol. The number of likely N-dealkylation sites (tertiary alicyclic amines) is 1. The smallest absolute Gasteiger partial charge is 0.411 e. The molecule has 2 amide bonds. The summed E-state index contributed by atoms with van der Waals surface area (Å²) in [5.74, 6) is -0.730. The monoisotopic (exact) mass is 426 g/mol. The number of carbonyl (C=O) groups is 3. The molecule has 0 aromatic heterocycles. The van der Waals surface area contributed by atoms with Crippen LogP contribution in [0.4, 0.5) is 4.79 Å². The number of carbonyl (C=O) groups excluding carboxylic acids is 3. The zero-order chi connectivity index (χ0) is 19.5. The fourth-order valence-corrected chi connectivity index (χ4v) is 2.87. The van der Waals surface area contributed by atoms with Crippen LogP contribution in [0.25, 0.3) is 0 Å². The Balaban J connectivity index is 1.97. The number of hydrogen-bond acceptors (Lipinski definition) is 5. The number of ether oxygens (including phenoxy) is 1. The number of nitrogens with one attached hydrogen (secondary N) is 1. The van der Waals surface area contributed by atoms with Gasteiger partial charge in [0.1, 0.15) is 11.6 Å². The molecule has 2 atom stereocenters. The topological polar surface area (TPSA) is 95.9 Å². The van der Waals surface area contributed by atoms with Gasteiger partial charge in [-0.15, -0.1) is 0 Å². The van der Waals surface area contributed by atoms with Crippen molar-refractivity contribution >= 4 is 33.7 Å². The second kappa shape index (κ2) is 8.18. The molecule has 142 valence electrons. The minimum Gasteiger partial charge on any atom is -0.444 e. The molecular weight excluding hydrogens is 404 g/mol. The number of amides is 2. The van der Waals surface area contributed by atoms with Gasteiger partial charge < -0.3 is 15.2 Å². The first-order valence-corrected chi connectivity index (χ1v) is 9.10. The molecule has 1 aromatic rings. The zero-order valence-electron chi connectivity index (χ0n) is 15.0. The molecule has 1 aliphatic rings. The number of ketones is 1. The van der Waals surface area contributed by atoms with E-state index in [0.717, 1.165) is 4.47 Å². The van der Waals surface area contributed by atoms with Gasteiger partial charge in [-0.25, -0.2) is 4.79 Å². The summed E-state index contributed by atoms with van der Waals surface area (Å²) in [6, 6.07) is 5.94. The van der Waals surface area contributed by atoms with Gasteiger partial charge in [-0.3, -0.25) is 14.5 Å². The molecule has 8 heteroatoms. The number of rotatable bonds is 4. The van der Waals surface area contributed by atoms with Crippen LogP contribution in [0.1, 0.15) is 37.6 Å². The Morgan fingerprint density at radius 1 is 1.27 bits per heavy atom. The molecule has 0 bridgehead atoms. The van der Waals surface area contributed by atoms with E-state index in [1.54, 1.807) is 45.0 Å². The molecule has 1 fully saturated rings. The number of halogens is 1. The largest absolute Gasteiger partial charge is 0.444 e. The standard InChI is InChI=1S/C18H23BrN2O5/c1-18(2,3)26-17(25)21-10-13(22)8-14(21)16(24)20-9-15(23)11-4-6-12(19)7-5-11/h4-7,13-14,22H,8-10H2,1-3H3,(H,20,24)/t13-,14-/m0/s1. The van der Waals surface area contributed by atoms with Crippen LogP contribution in [0.15, 0.2) is 28.7 Å². The Labute approximate surface area is 160 Å². The Bertz CT molecular complexity index is 684. The minimum absolute atomic E-state index is 0.0215. The fraction of sp³-hybridized carbons (Fsp3) is 0.500. The van der Waals surface area contributed by atoms with Gasteiger partial charge in [0, 0.05) is 16.5 Å². The number of Topliss-reactive ketones (excluding diaryl/α,β-unsaturated/α-hetero) is 1. The van der Waals surface area contributed by atoms with E-state index in [0.29, 0.717) is 5.56 Å². The molecule has 26 heavy (non-hydrogen) atoms. The number of nitrogens with zero attached hydrogens (tertiary/aromatic N) is 1. The van der Waals surface area contributed by atoms with E-state index in [4.69, 9.17) is 4.74 Å². The zero-order valence-corrected chi connectivity index (χ0v) is 16.6. The van der Waals surface area contributed by atoms with Crippen LogP contribution in [-0.2, 0) is 9.53 Å². The third-order valence-corrected chi connectivity index (χ3v) is 4.33. The van der Waals surface area contributed by atoms with Crippen molar-refractivity contribution in [2.24, 2.45) is 0 Å². The molecule has 1 heterocycles. The molecule has 0 radical (unpaired) electrons. The summed E-state index contributed by atoms with van der Waals surface area (Å²) in [5, 5.41) is 12.4. The van der Waals surface area contributed by atoms with Crippen molar-refractivity contribution in [2.45, 2.75) is 44.9 Å². The summed E-state index contributed by atoms with van der Waals surface area (Å²) in [6.45, 7) is 5.01. The molecule has 0 unspecified atom stereocenters. The maximum absolute atomic E-state index is 12.4. The highest BCUT2D eigenvalue weighted by molar-refractivity contribution is 9.10. The Morgan fingerprint density at radius 2 is 1.88 bits per heavy atom. The van der Waals surface area contributed by atoms with Crippen LogP contribution in [-0.4, -0.2) is 58.6 Å². The molecule has 1 aromatic carbocycles. The first kappa shape index (κ1) is 20.4. The van der Waals surface area contributed by atoms with E-state index in [1.165, 1.54) is 4.90 Å². The van der Waals surface area contributed by atoms with E-state index < -0.39 is 29.7 Å². The first-order chi connectivity index (χ1) is 12.1. The fourth-order valence-electron chi connectivity index (χ4n) is 2.61. The summed E-state index contributed by atoms with van der Waals surface area (Å²) in [7, 11) is 0. The van der Waals surface area contributed by atoms with Gasteiger partial charge in [0.2, 0.25) is 5.91 Å². The SMILES string of the molecule is CC(C)(C)OC(=O)N1C[C@@H](O)C[C@H]1C(=O)NCC(=O)c1ccc(Br)cc1. The van der Waals surface area contributed by atoms with Crippen molar-refractivity contribution in [2.75, 3.05) is 13.1 Å². The third kappa shape index (κ3) is 5.54. The van der Waals surface area contributed by atoms with Crippen LogP contribution in [0, 0.1) is 0 Å². The lowest BCUT2D eigenvalue weighted by molar-refractivity contribution is -0.125. The summed E-state index contributed by atoms with van der Waals surface area (Å²) < 4.78 is 6.13. The predicted octanol–water partition coefficient (Wildman–Crippen LogP) is 2.12.